The number of rotatable bonds is 5. The van der Waals surface area contributed by atoms with Gasteiger partial charge in [0.1, 0.15) is 5.75 Å². The van der Waals surface area contributed by atoms with E-state index in [9.17, 15) is 4.79 Å². The number of aryl methyl sites for hydroxylation is 1. The van der Waals surface area contributed by atoms with Gasteiger partial charge in [-0.3, -0.25) is 10.1 Å². The fraction of sp³-hybridized carbons (Fsp3) is 0.316. The molecule has 1 amide bonds. The summed E-state index contributed by atoms with van der Waals surface area (Å²) >= 11 is 0. The van der Waals surface area contributed by atoms with Crippen LogP contribution in [-0.2, 0) is 11.2 Å². The summed E-state index contributed by atoms with van der Waals surface area (Å²) < 4.78 is 5.41. The maximum atomic E-state index is 11.8. The monoisotopic (exact) mass is 346 g/mol. The molecule has 1 fully saturated rings. The van der Waals surface area contributed by atoms with Gasteiger partial charge in [-0.25, -0.2) is 0 Å². The molecule has 0 spiro atoms. The van der Waals surface area contributed by atoms with Crippen LogP contribution in [0, 0.1) is 0 Å². The van der Waals surface area contributed by atoms with Crippen LogP contribution in [0.2, 0.25) is 0 Å². The number of halogens is 1. The second kappa shape index (κ2) is 8.71. The summed E-state index contributed by atoms with van der Waals surface area (Å²) in [6, 6.07) is 18.5. The van der Waals surface area contributed by atoms with Gasteiger partial charge in [-0.05, 0) is 30.0 Å². The predicted octanol–water partition coefficient (Wildman–Crippen LogP) is 2.88. The molecule has 3 rings (SSSR count). The number of piperazine rings is 1. The number of hydrogen-bond donors (Lipinski definition) is 2. The van der Waals surface area contributed by atoms with E-state index in [1.54, 1.807) is 7.11 Å². The highest BCUT2D eigenvalue weighted by Gasteiger charge is 2.29. The van der Waals surface area contributed by atoms with Crippen molar-refractivity contribution in [2.75, 3.05) is 13.7 Å². The predicted molar refractivity (Wildman–Crippen MR) is 97.7 cm³/mol. The van der Waals surface area contributed by atoms with E-state index < -0.39 is 0 Å². The number of benzene rings is 2. The Morgan fingerprint density at radius 1 is 1.08 bits per heavy atom. The number of methoxy groups -OCH3 is 1. The number of carbonyl (C=O) groups is 1. The summed E-state index contributed by atoms with van der Waals surface area (Å²) in [5, 5.41) is 6.49. The Labute approximate surface area is 149 Å². The largest absolute Gasteiger partial charge is 0.496 e. The quantitative estimate of drug-likeness (QED) is 0.875. The van der Waals surface area contributed by atoms with Crippen molar-refractivity contribution in [3.63, 3.8) is 0 Å². The van der Waals surface area contributed by atoms with E-state index in [-0.39, 0.29) is 30.4 Å². The van der Waals surface area contributed by atoms with Crippen molar-refractivity contribution in [1.29, 1.82) is 0 Å². The third kappa shape index (κ3) is 4.28. The summed E-state index contributed by atoms with van der Waals surface area (Å²) in [7, 11) is 1.69. The zero-order chi connectivity index (χ0) is 16.1. The van der Waals surface area contributed by atoms with Crippen molar-refractivity contribution in [3.05, 3.63) is 65.7 Å². The molecular weight excluding hydrogens is 324 g/mol. The van der Waals surface area contributed by atoms with Crippen LogP contribution in [0.1, 0.15) is 23.6 Å². The summed E-state index contributed by atoms with van der Waals surface area (Å²) in [6.07, 6.45) is 1.72. The first-order valence-electron chi connectivity index (χ1n) is 7.97. The van der Waals surface area contributed by atoms with Crippen LogP contribution in [0.3, 0.4) is 0 Å². The van der Waals surface area contributed by atoms with Gasteiger partial charge in [0.25, 0.3) is 0 Å². The highest BCUT2D eigenvalue weighted by atomic mass is 35.5. The Morgan fingerprint density at radius 3 is 2.54 bits per heavy atom. The fourth-order valence-corrected chi connectivity index (χ4v) is 3.16. The Morgan fingerprint density at radius 2 is 1.79 bits per heavy atom. The average Bonchev–Trinajstić information content (AvgIpc) is 2.61. The second-order valence-electron chi connectivity index (χ2n) is 5.79. The Balaban J connectivity index is 0.00000208. The summed E-state index contributed by atoms with van der Waals surface area (Å²) in [6.45, 7) is 0.366. The molecule has 0 aliphatic carbocycles. The first kappa shape index (κ1) is 18.3. The number of amides is 1. The van der Waals surface area contributed by atoms with Gasteiger partial charge in [0.05, 0.1) is 19.7 Å². The molecule has 0 aromatic heterocycles. The van der Waals surface area contributed by atoms with Crippen molar-refractivity contribution < 1.29 is 9.53 Å². The lowest BCUT2D eigenvalue weighted by molar-refractivity contribution is -0.123. The van der Waals surface area contributed by atoms with E-state index in [0.29, 0.717) is 6.54 Å². The fourth-order valence-electron chi connectivity index (χ4n) is 3.16. The maximum Gasteiger partial charge on any atom is 0.234 e. The van der Waals surface area contributed by atoms with Gasteiger partial charge in [-0.2, -0.15) is 0 Å². The van der Waals surface area contributed by atoms with E-state index in [0.717, 1.165) is 18.6 Å². The number of nitrogens with one attached hydrogen (secondary N) is 2. The van der Waals surface area contributed by atoms with Crippen molar-refractivity contribution in [1.82, 2.24) is 10.6 Å². The van der Waals surface area contributed by atoms with Crippen molar-refractivity contribution in [2.45, 2.75) is 24.9 Å². The highest BCUT2D eigenvalue weighted by molar-refractivity contribution is 5.85. The Hall–Kier alpha value is -2.04. The minimum absolute atomic E-state index is 0. The summed E-state index contributed by atoms with van der Waals surface area (Å²) in [5.41, 5.74) is 2.37. The third-order valence-electron chi connectivity index (χ3n) is 4.31. The molecule has 2 N–H and O–H groups in total. The van der Waals surface area contributed by atoms with Crippen molar-refractivity contribution in [3.8, 4) is 5.75 Å². The van der Waals surface area contributed by atoms with Crippen LogP contribution < -0.4 is 15.4 Å². The van der Waals surface area contributed by atoms with E-state index in [1.807, 2.05) is 36.4 Å². The Bertz CT molecular complexity index is 663. The van der Waals surface area contributed by atoms with Crippen LogP contribution in [-0.4, -0.2) is 25.6 Å². The molecule has 4 nitrogen and oxygen atoms in total. The van der Waals surface area contributed by atoms with E-state index in [2.05, 4.69) is 28.8 Å². The minimum Gasteiger partial charge on any atom is -0.496 e. The molecule has 24 heavy (non-hydrogen) atoms. The van der Waals surface area contributed by atoms with Gasteiger partial charge in [0.15, 0.2) is 0 Å². The van der Waals surface area contributed by atoms with Crippen LogP contribution in [0.4, 0.5) is 0 Å². The number of para-hydroxylation sites is 1. The number of ether oxygens (including phenoxy) is 1. The van der Waals surface area contributed by atoms with Crippen LogP contribution in [0.25, 0.3) is 0 Å². The molecule has 2 aromatic carbocycles. The molecule has 1 aliphatic heterocycles. The lowest BCUT2D eigenvalue weighted by Crippen LogP contribution is -2.54. The van der Waals surface area contributed by atoms with Gasteiger partial charge >= 0.3 is 0 Å². The molecule has 1 aliphatic rings. The van der Waals surface area contributed by atoms with Gasteiger partial charge in [0.2, 0.25) is 5.91 Å². The molecule has 0 saturated carbocycles. The lowest BCUT2D eigenvalue weighted by Gasteiger charge is -2.34. The summed E-state index contributed by atoms with van der Waals surface area (Å²) in [4.78, 5) is 11.8. The van der Waals surface area contributed by atoms with E-state index >= 15 is 0 Å². The molecule has 5 heteroatoms. The van der Waals surface area contributed by atoms with Crippen molar-refractivity contribution >= 4 is 18.3 Å². The molecular formula is C19H23ClN2O2. The molecule has 128 valence electrons. The molecule has 0 bridgehead atoms. The standard InChI is InChI=1S/C19H22N2O2.ClH/c1-23-17-10-6-5-7-14(17)11-12-16-19(20-13-18(22)21-16)15-8-3-2-4-9-15;/h2-10,16,19-20H,11-13H2,1H3,(H,21,22);1H/t16-,19-;/m0./s1. The molecule has 0 radical (unpaired) electrons. The first-order valence-corrected chi connectivity index (χ1v) is 7.97. The third-order valence-corrected chi connectivity index (χ3v) is 4.31. The number of hydrogen-bond acceptors (Lipinski definition) is 3. The highest BCUT2D eigenvalue weighted by Crippen LogP contribution is 2.25. The number of carbonyl (C=O) groups excluding carboxylic acids is 1. The van der Waals surface area contributed by atoms with E-state index in [1.165, 1.54) is 11.1 Å². The second-order valence-corrected chi connectivity index (χ2v) is 5.79. The molecule has 2 atom stereocenters. The van der Waals surface area contributed by atoms with Gasteiger partial charge < -0.3 is 10.1 Å². The topological polar surface area (TPSA) is 50.4 Å². The Kier molecular flexibility index (Phi) is 6.64. The SMILES string of the molecule is COc1ccccc1CC[C@@H]1NC(=O)CN[C@H]1c1ccccc1.Cl. The normalized spacial score (nSPS) is 20.0. The zero-order valence-corrected chi connectivity index (χ0v) is 14.5. The molecule has 1 saturated heterocycles. The van der Waals surface area contributed by atoms with Crippen molar-refractivity contribution in [2.24, 2.45) is 0 Å². The molecule has 0 unspecified atom stereocenters. The van der Waals surface area contributed by atoms with Gasteiger partial charge in [0, 0.05) is 6.04 Å². The first-order chi connectivity index (χ1) is 11.3. The van der Waals surface area contributed by atoms with Crippen LogP contribution >= 0.6 is 12.4 Å². The van der Waals surface area contributed by atoms with Gasteiger partial charge in [-0.1, -0.05) is 48.5 Å². The zero-order valence-electron chi connectivity index (χ0n) is 13.7. The lowest BCUT2D eigenvalue weighted by atomic mass is 9.92. The summed E-state index contributed by atoms with van der Waals surface area (Å²) in [5.74, 6) is 0.959. The van der Waals surface area contributed by atoms with Crippen LogP contribution in [0.5, 0.6) is 5.75 Å². The smallest absolute Gasteiger partial charge is 0.234 e. The van der Waals surface area contributed by atoms with Gasteiger partial charge in [-0.15, -0.1) is 12.4 Å². The molecule has 2 aromatic rings. The maximum absolute atomic E-state index is 11.8. The van der Waals surface area contributed by atoms with Crippen LogP contribution in [0.15, 0.2) is 54.6 Å². The molecule has 1 heterocycles. The van der Waals surface area contributed by atoms with E-state index in [4.69, 9.17) is 4.74 Å². The minimum atomic E-state index is 0. The average molecular weight is 347 g/mol.